The van der Waals surface area contributed by atoms with Crippen LogP contribution in [0.4, 0.5) is 0 Å². The van der Waals surface area contributed by atoms with Crippen molar-refractivity contribution < 1.29 is 13.9 Å². The summed E-state index contributed by atoms with van der Waals surface area (Å²) in [7, 11) is 1.68. The highest BCUT2D eigenvalue weighted by Gasteiger charge is 2.26. The number of ether oxygens (including phenoxy) is 1. The average Bonchev–Trinajstić information content (AvgIpc) is 3.49. The van der Waals surface area contributed by atoms with Crippen molar-refractivity contribution in [1.29, 1.82) is 5.26 Å². The molecule has 0 saturated carbocycles. The van der Waals surface area contributed by atoms with Gasteiger partial charge in [-0.05, 0) is 76.5 Å². The number of nitriles is 1. The van der Waals surface area contributed by atoms with Crippen LogP contribution in [0.1, 0.15) is 54.6 Å². The first-order valence-electron chi connectivity index (χ1n) is 10.8. The molecule has 2 unspecified atom stereocenters. The van der Waals surface area contributed by atoms with Crippen molar-refractivity contribution in [2.75, 3.05) is 33.4 Å². The lowest BCUT2D eigenvalue weighted by molar-refractivity contribution is -0.117. The number of carbonyl (C=O) groups excluding carboxylic acids is 1. The standard InChI is InChI=1S/C24H32N4O3/c1-17-12-20(19(3)28(17)18(2)16-30-4)13-21(14-25)24(29)26-15-22(23-8-7-11-31-23)27-9-5-6-10-27/h7-8,11-13,18,22H,5-6,9-10,15-16H2,1-4H3,(H,26,29)/b21-13+. The van der Waals surface area contributed by atoms with Crippen molar-refractivity contribution in [1.82, 2.24) is 14.8 Å². The molecule has 2 aromatic rings. The molecule has 1 saturated heterocycles. The molecular weight excluding hydrogens is 392 g/mol. The van der Waals surface area contributed by atoms with Crippen molar-refractivity contribution in [3.8, 4) is 6.07 Å². The summed E-state index contributed by atoms with van der Waals surface area (Å²) in [6, 6.07) is 8.01. The number of nitrogens with one attached hydrogen (secondary N) is 1. The zero-order valence-electron chi connectivity index (χ0n) is 18.9. The molecule has 0 bridgehead atoms. The number of hydrogen-bond acceptors (Lipinski definition) is 5. The summed E-state index contributed by atoms with van der Waals surface area (Å²) < 4.78 is 13.1. The molecule has 31 heavy (non-hydrogen) atoms. The number of furan rings is 1. The van der Waals surface area contributed by atoms with Gasteiger partial charge in [-0.25, -0.2) is 0 Å². The molecular formula is C24H32N4O3. The molecule has 1 N–H and O–H groups in total. The summed E-state index contributed by atoms with van der Waals surface area (Å²) in [6.07, 6.45) is 5.61. The van der Waals surface area contributed by atoms with E-state index in [1.807, 2.05) is 32.0 Å². The van der Waals surface area contributed by atoms with E-state index in [0.717, 1.165) is 48.6 Å². The van der Waals surface area contributed by atoms with Gasteiger partial charge in [-0.15, -0.1) is 0 Å². The van der Waals surface area contributed by atoms with Crippen LogP contribution in [0, 0.1) is 25.2 Å². The molecule has 1 aliphatic rings. The monoisotopic (exact) mass is 424 g/mol. The van der Waals surface area contributed by atoms with Gasteiger partial charge in [0.15, 0.2) is 0 Å². The van der Waals surface area contributed by atoms with Crippen LogP contribution in [-0.4, -0.2) is 48.7 Å². The van der Waals surface area contributed by atoms with E-state index in [1.165, 1.54) is 0 Å². The van der Waals surface area contributed by atoms with Crippen molar-refractivity contribution in [3.63, 3.8) is 0 Å². The molecule has 0 aromatic carbocycles. The zero-order chi connectivity index (χ0) is 22.4. The van der Waals surface area contributed by atoms with E-state index >= 15 is 0 Å². The minimum atomic E-state index is -0.368. The third-order valence-corrected chi connectivity index (χ3v) is 5.95. The minimum Gasteiger partial charge on any atom is -0.468 e. The molecule has 7 heteroatoms. The van der Waals surface area contributed by atoms with Gasteiger partial charge in [-0.2, -0.15) is 5.26 Å². The second kappa shape index (κ2) is 10.5. The Bertz CT molecular complexity index is 946. The summed E-state index contributed by atoms with van der Waals surface area (Å²) in [4.78, 5) is 15.1. The third-order valence-electron chi connectivity index (χ3n) is 5.95. The molecule has 0 spiro atoms. The van der Waals surface area contributed by atoms with Gasteiger partial charge in [0.05, 0.1) is 25.0 Å². The molecule has 0 aliphatic carbocycles. The van der Waals surface area contributed by atoms with Gasteiger partial charge in [0.1, 0.15) is 17.4 Å². The zero-order valence-corrected chi connectivity index (χ0v) is 18.9. The van der Waals surface area contributed by atoms with Crippen molar-refractivity contribution in [3.05, 3.63) is 52.7 Å². The number of nitrogens with zero attached hydrogens (tertiary/aromatic N) is 3. The number of hydrogen-bond donors (Lipinski definition) is 1. The highest BCUT2D eigenvalue weighted by Crippen LogP contribution is 2.25. The van der Waals surface area contributed by atoms with Crippen molar-refractivity contribution in [2.24, 2.45) is 0 Å². The van der Waals surface area contributed by atoms with Crippen LogP contribution in [0.2, 0.25) is 0 Å². The Labute approximate surface area is 184 Å². The molecule has 2 aromatic heterocycles. The van der Waals surface area contributed by atoms with Crippen molar-refractivity contribution in [2.45, 2.75) is 45.7 Å². The molecule has 3 rings (SSSR count). The summed E-state index contributed by atoms with van der Waals surface area (Å²) >= 11 is 0. The van der Waals surface area contributed by atoms with Crippen LogP contribution >= 0.6 is 0 Å². The molecule has 1 fully saturated rings. The maximum Gasteiger partial charge on any atom is 0.262 e. The van der Waals surface area contributed by atoms with E-state index in [2.05, 4.69) is 27.8 Å². The van der Waals surface area contributed by atoms with E-state index < -0.39 is 0 Å². The molecule has 1 amide bonds. The first-order valence-corrected chi connectivity index (χ1v) is 10.8. The Morgan fingerprint density at radius 3 is 2.74 bits per heavy atom. The highest BCUT2D eigenvalue weighted by molar-refractivity contribution is 6.01. The van der Waals surface area contributed by atoms with Gasteiger partial charge in [0, 0.05) is 25.0 Å². The van der Waals surface area contributed by atoms with Gasteiger partial charge in [0.25, 0.3) is 5.91 Å². The molecule has 3 heterocycles. The van der Waals surface area contributed by atoms with Gasteiger partial charge in [-0.1, -0.05) is 0 Å². The number of aromatic nitrogens is 1. The topological polar surface area (TPSA) is 83.4 Å². The lowest BCUT2D eigenvalue weighted by Gasteiger charge is -2.25. The number of aryl methyl sites for hydroxylation is 1. The molecule has 166 valence electrons. The van der Waals surface area contributed by atoms with E-state index in [1.54, 1.807) is 19.4 Å². The Morgan fingerprint density at radius 2 is 2.13 bits per heavy atom. The molecule has 2 atom stereocenters. The number of likely N-dealkylation sites (tertiary alicyclic amines) is 1. The largest absolute Gasteiger partial charge is 0.468 e. The Hall–Kier alpha value is -2.82. The SMILES string of the molecule is COCC(C)n1c(C)cc(/C=C(\C#N)C(=O)NCC(c2ccco2)N2CCCC2)c1C. The third kappa shape index (κ3) is 5.27. The van der Waals surface area contributed by atoms with E-state index in [4.69, 9.17) is 9.15 Å². The Balaban J connectivity index is 1.75. The van der Waals surface area contributed by atoms with Gasteiger partial charge in [-0.3, -0.25) is 9.69 Å². The van der Waals surface area contributed by atoms with E-state index in [9.17, 15) is 10.1 Å². The van der Waals surface area contributed by atoms with Gasteiger partial charge >= 0.3 is 0 Å². The molecule has 1 aliphatic heterocycles. The minimum absolute atomic E-state index is 0.0265. The fourth-order valence-corrected chi connectivity index (χ4v) is 4.48. The van der Waals surface area contributed by atoms with Gasteiger partial charge in [0.2, 0.25) is 0 Å². The number of amides is 1. The maximum atomic E-state index is 12.8. The van der Waals surface area contributed by atoms with Crippen LogP contribution in [-0.2, 0) is 9.53 Å². The van der Waals surface area contributed by atoms with Crippen LogP contribution in [0.5, 0.6) is 0 Å². The molecule has 0 radical (unpaired) electrons. The summed E-state index contributed by atoms with van der Waals surface area (Å²) in [5.41, 5.74) is 3.04. The lowest BCUT2D eigenvalue weighted by Crippen LogP contribution is -2.37. The van der Waals surface area contributed by atoms with Crippen LogP contribution in [0.15, 0.2) is 34.5 Å². The maximum absolute atomic E-state index is 12.8. The van der Waals surface area contributed by atoms with Crippen LogP contribution in [0.3, 0.4) is 0 Å². The smallest absolute Gasteiger partial charge is 0.262 e. The van der Waals surface area contributed by atoms with Crippen LogP contribution < -0.4 is 5.32 Å². The van der Waals surface area contributed by atoms with E-state index in [0.29, 0.717) is 13.2 Å². The summed E-state index contributed by atoms with van der Waals surface area (Å²) in [5, 5.41) is 12.6. The Kier molecular flexibility index (Phi) is 7.72. The summed E-state index contributed by atoms with van der Waals surface area (Å²) in [5.74, 6) is 0.466. The highest BCUT2D eigenvalue weighted by atomic mass is 16.5. The fourth-order valence-electron chi connectivity index (χ4n) is 4.48. The van der Waals surface area contributed by atoms with E-state index in [-0.39, 0.29) is 23.6 Å². The lowest BCUT2D eigenvalue weighted by atomic mass is 10.1. The normalized spacial score (nSPS) is 16.8. The second-order valence-corrected chi connectivity index (χ2v) is 8.15. The van der Waals surface area contributed by atoms with Gasteiger partial charge < -0.3 is 19.0 Å². The van der Waals surface area contributed by atoms with Crippen molar-refractivity contribution >= 4 is 12.0 Å². The first kappa shape index (κ1) is 22.9. The summed E-state index contributed by atoms with van der Waals surface area (Å²) in [6.45, 7) is 9.06. The predicted octanol–water partition coefficient (Wildman–Crippen LogP) is 3.77. The Morgan fingerprint density at radius 1 is 1.39 bits per heavy atom. The first-order chi connectivity index (χ1) is 15.0. The average molecular weight is 425 g/mol. The predicted molar refractivity (Wildman–Crippen MR) is 119 cm³/mol. The number of rotatable bonds is 9. The number of carbonyl (C=O) groups is 1. The quantitative estimate of drug-likeness (QED) is 0.489. The van der Waals surface area contributed by atoms with Crippen LogP contribution in [0.25, 0.3) is 6.08 Å². The fraction of sp³-hybridized carbons (Fsp3) is 0.500. The second-order valence-electron chi connectivity index (χ2n) is 8.15. The number of methoxy groups -OCH3 is 1. The molecule has 7 nitrogen and oxygen atoms in total.